The zero-order valence-electron chi connectivity index (χ0n) is 12.6. The molecule has 0 spiro atoms. The summed E-state index contributed by atoms with van der Waals surface area (Å²) in [5.41, 5.74) is 5.46. The van der Waals surface area contributed by atoms with Crippen LogP contribution in [0.3, 0.4) is 0 Å². The predicted molar refractivity (Wildman–Crippen MR) is 79.2 cm³/mol. The van der Waals surface area contributed by atoms with Gasteiger partial charge < -0.3 is 15.4 Å². The molecule has 0 aromatic carbocycles. The lowest BCUT2D eigenvalue weighted by Crippen LogP contribution is -2.33. The molecule has 1 atom stereocenters. The number of esters is 1. The molecular weight excluding hydrogens is 296 g/mol. The summed E-state index contributed by atoms with van der Waals surface area (Å²) in [5.74, 6) is -0.0468. The molecule has 2 heterocycles. The average Bonchev–Trinajstić information content (AvgIpc) is 2.87. The van der Waals surface area contributed by atoms with Crippen molar-refractivity contribution in [2.75, 3.05) is 43.3 Å². The highest BCUT2D eigenvalue weighted by Crippen LogP contribution is 2.36. The normalized spacial score (nSPS) is 24.0. The maximum Gasteiger partial charge on any atom is 0.345 e. The Morgan fingerprint density at radius 1 is 1.48 bits per heavy atom. The molecule has 1 aliphatic rings. The number of hydrogen-bond donors (Lipinski definition) is 1. The molecule has 0 saturated carbocycles. The topological polar surface area (TPSA) is 108 Å². The fourth-order valence-corrected chi connectivity index (χ4v) is 4.71. The number of ether oxygens (including phenoxy) is 1. The number of aromatic nitrogens is 2. The second-order valence-electron chi connectivity index (χ2n) is 5.72. The Balaban J connectivity index is 2.59. The summed E-state index contributed by atoms with van der Waals surface area (Å²) in [5, 5.41) is 4.35. The van der Waals surface area contributed by atoms with Gasteiger partial charge in [-0.1, -0.05) is 0 Å². The summed E-state index contributed by atoms with van der Waals surface area (Å²) in [6.45, 7) is 1.78. The molecule has 21 heavy (non-hydrogen) atoms. The third kappa shape index (κ3) is 2.57. The van der Waals surface area contributed by atoms with Gasteiger partial charge >= 0.3 is 5.97 Å². The largest absolute Gasteiger partial charge is 0.465 e. The van der Waals surface area contributed by atoms with Gasteiger partial charge in [0.15, 0.2) is 15.7 Å². The fraction of sp³-hybridized carbons (Fsp3) is 0.667. The number of carbonyl (C=O) groups excluding carboxylic acids is 1. The van der Waals surface area contributed by atoms with E-state index in [4.69, 9.17) is 10.5 Å². The highest BCUT2D eigenvalue weighted by Gasteiger charge is 2.43. The van der Waals surface area contributed by atoms with Crippen LogP contribution >= 0.6 is 0 Å². The van der Waals surface area contributed by atoms with Crippen LogP contribution in [0.15, 0.2) is 0 Å². The first-order valence-electron chi connectivity index (χ1n) is 6.46. The van der Waals surface area contributed by atoms with Crippen molar-refractivity contribution < 1.29 is 17.9 Å². The first-order chi connectivity index (χ1) is 9.61. The van der Waals surface area contributed by atoms with Gasteiger partial charge in [0.1, 0.15) is 11.4 Å². The molecule has 1 aromatic heterocycles. The van der Waals surface area contributed by atoms with Crippen molar-refractivity contribution in [3.8, 4) is 0 Å². The molecule has 8 nitrogen and oxygen atoms in total. The number of nitrogens with zero attached hydrogens (tertiary/aromatic N) is 3. The lowest BCUT2D eigenvalue weighted by Gasteiger charge is -2.24. The molecule has 1 aromatic rings. The third-order valence-electron chi connectivity index (χ3n) is 3.71. The molecule has 2 N–H and O–H groups in total. The van der Waals surface area contributed by atoms with Crippen molar-refractivity contribution in [2.45, 2.75) is 18.9 Å². The van der Waals surface area contributed by atoms with Crippen molar-refractivity contribution in [3.05, 3.63) is 5.56 Å². The minimum atomic E-state index is -3.11. The number of nitrogen functional groups attached to an aromatic ring is 1. The van der Waals surface area contributed by atoms with E-state index in [0.29, 0.717) is 12.2 Å². The van der Waals surface area contributed by atoms with Crippen LogP contribution < -0.4 is 10.6 Å². The minimum absolute atomic E-state index is 0.0423. The van der Waals surface area contributed by atoms with Crippen molar-refractivity contribution in [1.82, 2.24) is 9.78 Å². The summed E-state index contributed by atoms with van der Waals surface area (Å²) in [4.78, 5) is 13.6. The van der Waals surface area contributed by atoms with Crippen LogP contribution in [0.25, 0.3) is 0 Å². The lowest BCUT2D eigenvalue weighted by molar-refractivity contribution is 0.0602. The van der Waals surface area contributed by atoms with Gasteiger partial charge in [-0.3, -0.25) is 0 Å². The SMILES string of the molecule is COC(=O)c1c(N(C)C)nn(C2(C)CCS(=O)(=O)C2)c1N. The van der Waals surface area contributed by atoms with Crippen molar-refractivity contribution >= 4 is 27.4 Å². The molecule has 2 rings (SSSR count). The van der Waals surface area contributed by atoms with Gasteiger partial charge in [-0.05, 0) is 13.3 Å². The summed E-state index contributed by atoms with van der Waals surface area (Å²) >= 11 is 0. The smallest absolute Gasteiger partial charge is 0.345 e. The Kier molecular flexibility index (Phi) is 3.64. The lowest BCUT2D eigenvalue weighted by atomic mass is 10.0. The van der Waals surface area contributed by atoms with Crippen LogP contribution in [0.1, 0.15) is 23.7 Å². The Hall–Kier alpha value is -1.77. The zero-order chi connectivity index (χ0) is 16.0. The van der Waals surface area contributed by atoms with E-state index in [1.54, 1.807) is 25.9 Å². The van der Waals surface area contributed by atoms with Crippen LogP contribution in [-0.4, -0.2) is 56.9 Å². The van der Waals surface area contributed by atoms with Crippen LogP contribution in [0.5, 0.6) is 0 Å². The number of sulfone groups is 1. The summed E-state index contributed by atoms with van der Waals surface area (Å²) in [7, 11) is 1.61. The molecule has 0 radical (unpaired) electrons. The summed E-state index contributed by atoms with van der Waals surface area (Å²) < 4.78 is 29.7. The Morgan fingerprint density at radius 3 is 2.52 bits per heavy atom. The predicted octanol–water partition coefficient (Wildman–Crippen LogP) is -0.148. The van der Waals surface area contributed by atoms with Crippen molar-refractivity contribution in [3.63, 3.8) is 0 Å². The fourth-order valence-electron chi connectivity index (χ4n) is 2.60. The van der Waals surface area contributed by atoms with E-state index in [2.05, 4.69) is 5.10 Å². The molecule has 0 amide bonds. The molecular formula is C12H20N4O4S. The molecule has 1 aliphatic heterocycles. The number of methoxy groups -OCH3 is 1. The maximum atomic E-state index is 11.9. The monoisotopic (exact) mass is 316 g/mol. The number of hydrogen-bond acceptors (Lipinski definition) is 7. The maximum absolute atomic E-state index is 11.9. The van der Waals surface area contributed by atoms with Gasteiger partial charge in [-0.2, -0.15) is 5.10 Å². The van der Waals surface area contributed by atoms with Crippen LogP contribution in [-0.2, 0) is 20.1 Å². The standard InChI is InChI=1S/C12H20N4O4S/c1-12(5-6-21(18,19)7-12)16-9(13)8(11(17)20-4)10(14-16)15(2)3/h5-7,13H2,1-4H3. The molecule has 1 fully saturated rings. The third-order valence-corrected chi connectivity index (χ3v) is 5.60. The van der Waals surface area contributed by atoms with Crippen LogP contribution in [0.2, 0.25) is 0 Å². The number of anilines is 2. The highest BCUT2D eigenvalue weighted by atomic mass is 32.2. The van der Waals surface area contributed by atoms with E-state index in [9.17, 15) is 13.2 Å². The van der Waals surface area contributed by atoms with Gasteiger partial charge in [-0.15, -0.1) is 0 Å². The minimum Gasteiger partial charge on any atom is -0.465 e. The molecule has 1 saturated heterocycles. The van der Waals surface area contributed by atoms with E-state index in [0.717, 1.165) is 0 Å². The van der Waals surface area contributed by atoms with Gasteiger partial charge in [0, 0.05) is 14.1 Å². The second-order valence-corrected chi connectivity index (χ2v) is 7.90. The van der Waals surface area contributed by atoms with Crippen LogP contribution in [0, 0.1) is 0 Å². The molecule has 0 bridgehead atoms. The first kappa shape index (κ1) is 15.6. The summed E-state index contributed by atoms with van der Waals surface area (Å²) in [6, 6.07) is 0. The molecule has 1 unspecified atom stereocenters. The summed E-state index contributed by atoms with van der Waals surface area (Å²) in [6.07, 6.45) is 0.411. The Labute approximate surface area is 123 Å². The van der Waals surface area contributed by atoms with E-state index in [-0.39, 0.29) is 22.9 Å². The van der Waals surface area contributed by atoms with Crippen molar-refractivity contribution in [2.24, 2.45) is 0 Å². The molecule has 0 aliphatic carbocycles. The quantitative estimate of drug-likeness (QED) is 0.773. The van der Waals surface area contributed by atoms with E-state index in [1.807, 2.05) is 0 Å². The molecule has 9 heteroatoms. The van der Waals surface area contributed by atoms with Crippen LogP contribution in [0.4, 0.5) is 11.6 Å². The zero-order valence-corrected chi connectivity index (χ0v) is 13.4. The van der Waals surface area contributed by atoms with E-state index < -0.39 is 21.3 Å². The van der Waals surface area contributed by atoms with Gasteiger partial charge in [0.25, 0.3) is 0 Å². The highest BCUT2D eigenvalue weighted by molar-refractivity contribution is 7.91. The Bertz CT molecular complexity index is 680. The van der Waals surface area contributed by atoms with E-state index >= 15 is 0 Å². The van der Waals surface area contributed by atoms with Crippen molar-refractivity contribution in [1.29, 1.82) is 0 Å². The van der Waals surface area contributed by atoms with Gasteiger partial charge in [0.05, 0.1) is 24.2 Å². The van der Waals surface area contributed by atoms with Gasteiger partial charge in [0.2, 0.25) is 0 Å². The second kappa shape index (κ2) is 4.90. The average molecular weight is 316 g/mol. The number of rotatable bonds is 3. The first-order valence-corrected chi connectivity index (χ1v) is 8.28. The Morgan fingerprint density at radius 2 is 2.10 bits per heavy atom. The number of carbonyl (C=O) groups is 1. The number of nitrogens with two attached hydrogens (primary N) is 1. The van der Waals surface area contributed by atoms with Gasteiger partial charge in [-0.25, -0.2) is 17.9 Å². The van der Waals surface area contributed by atoms with E-state index in [1.165, 1.54) is 11.8 Å². The molecule has 118 valence electrons.